The van der Waals surface area contributed by atoms with Gasteiger partial charge in [0.05, 0.1) is 17.7 Å². The second-order valence-electron chi connectivity index (χ2n) is 11.6. The highest BCUT2D eigenvalue weighted by molar-refractivity contribution is 6.02. The first kappa shape index (κ1) is 25.3. The summed E-state index contributed by atoms with van der Waals surface area (Å²) in [5.74, 6) is 1.61. The maximum Gasteiger partial charge on any atom is 0.408 e. The third-order valence-electron chi connectivity index (χ3n) is 7.28. The maximum atomic E-state index is 12.6. The zero-order valence-electron chi connectivity index (χ0n) is 22.5. The lowest BCUT2D eigenvalue weighted by Gasteiger charge is -2.43. The molecule has 0 aromatic heterocycles. The van der Waals surface area contributed by atoms with Gasteiger partial charge in [-0.05, 0) is 71.4 Å². The van der Waals surface area contributed by atoms with Gasteiger partial charge in [0.2, 0.25) is 11.9 Å². The van der Waals surface area contributed by atoms with Gasteiger partial charge in [0.25, 0.3) is 0 Å². The summed E-state index contributed by atoms with van der Waals surface area (Å²) in [6.45, 7) is 9.65. The second kappa shape index (κ2) is 9.84. The fourth-order valence-corrected chi connectivity index (χ4v) is 5.47. The van der Waals surface area contributed by atoms with Crippen LogP contribution >= 0.6 is 0 Å². The van der Waals surface area contributed by atoms with Gasteiger partial charge in [-0.25, -0.2) is 9.79 Å². The molecule has 1 fully saturated rings. The number of hydrogen-bond donors (Lipinski definition) is 1. The number of guanidine groups is 1. The number of nitrogens with one attached hydrogen (secondary N) is 1. The monoisotopic (exact) mass is 502 g/mol. The van der Waals surface area contributed by atoms with Crippen molar-refractivity contribution in [2.45, 2.75) is 89.6 Å². The average molecular weight is 503 g/mol. The van der Waals surface area contributed by atoms with Crippen LogP contribution in [0.15, 0.2) is 70.8 Å². The van der Waals surface area contributed by atoms with Crippen molar-refractivity contribution in [3.05, 3.63) is 72.0 Å². The Morgan fingerprint density at radius 2 is 1.92 bits per heavy atom. The lowest BCUT2D eigenvalue weighted by molar-refractivity contribution is 0.0377. The van der Waals surface area contributed by atoms with E-state index in [0.717, 1.165) is 36.8 Å². The van der Waals surface area contributed by atoms with Gasteiger partial charge in [-0.1, -0.05) is 48.6 Å². The molecule has 0 saturated heterocycles. The van der Waals surface area contributed by atoms with Gasteiger partial charge in [-0.2, -0.15) is 4.99 Å². The largest absolute Gasteiger partial charge is 0.475 e. The minimum absolute atomic E-state index is 0.0515. The normalized spacial score (nSPS) is 25.8. The highest BCUT2D eigenvalue weighted by Crippen LogP contribution is 2.44. The predicted octanol–water partition coefficient (Wildman–Crippen LogP) is 6.15. The molecule has 2 heterocycles. The van der Waals surface area contributed by atoms with E-state index >= 15 is 0 Å². The number of allylic oxidation sites excluding steroid dienone is 3. The van der Waals surface area contributed by atoms with Gasteiger partial charge in [0.15, 0.2) is 0 Å². The maximum absolute atomic E-state index is 12.6. The number of alkyl carbamates (subject to hydrolysis) is 1. The number of hydrogen-bond acceptors (Lipinski definition) is 6. The Labute approximate surface area is 220 Å². The Bertz CT molecular complexity index is 1170. The second-order valence-corrected chi connectivity index (χ2v) is 11.6. The molecule has 7 nitrogen and oxygen atoms in total. The lowest BCUT2D eigenvalue weighted by Crippen LogP contribution is -2.52. The molecule has 196 valence electrons. The number of aliphatic imine (C=N–C) groups is 2. The van der Waals surface area contributed by atoms with E-state index in [1.54, 1.807) is 0 Å². The first-order chi connectivity index (χ1) is 17.6. The van der Waals surface area contributed by atoms with Crippen molar-refractivity contribution in [3.63, 3.8) is 0 Å². The molecule has 0 spiro atoms. The number of rotatable bonds is 5. The fraction of sp³-hybridized carbons (Fsp3) is 0.500. The van der Waals surface area contributed by atoms with Crippen LogP contribution in [0.1, 0.15) is 77.5 Å². The smallest absolute Gasteiger partial charge is 0.408 e. The number of carbonyl (C=O) groups excluding carboxylic acids is 1. The SMILES string of the molecule is CC(C)OC1=NC2=NC(c3ccc(C4(NC(=O)OC(C)(C)C)CCC4)cc3)C(C3C=CC=CC3)N2C=C1. The van der Waals surface area contributed by atoms with Crippen molar-refractivity contribution in [3.8, 4) is 0 Å². The third-order valence-corrected chi connectivity index (χ3v) is 7.28. The first-order valence-electron chi connectivity index (χ1n) is 13.4. The summed E-state index contributed by atoms with van der Waals surface area (Å²) in [6, 6.07) is 8.67. The molecule has 5 rings (SSSR count). The van der Waals surface area contributed by atoms with Crippen LogP contribution in [0, 0.1) is 5.92 Å². The van der Waals surface area contributed by atoms with Crippen LogP contribution in [0.4, 0.5) is 4.79 Å². The summed E-state index contributed by atoms with van der Waals surface area (Å²) in [5.41, 5.74) is 1.35. The lowest BCUT2D eigenvalue weighted by atomic mass is 9.71. The summed E-state index contributed by atoms with van der Waals surface area (Å²) in [7, 11) is 0. The minimum Gasteiger partial charge on any atom is -0.475 e. The molecular weight excluding hydrogens is 464 g/mol. The van der Waals surface area contributed by atoms with Crippen molar-refractivity contribution in [1.29, 1.82) is 0 Å². The fourth-order valence-electron chi connectivity index (χ4n) is 5.47. The molecule has 4 aliphatic rings. The number of fused-ring (bicyclic) bond motifs is 1. The van der Waals surface area contributed by atoms with E-state index in [9.17, 15) is 4.79 Å². The van der Waals surface area contributed by atoms with E-state index in [2.05, 4.69) is 65.0 Å². The van der Waals surface area contributed by atoms with E-state index in [1.807, 2.05) is 40.7 Å². The van der Waals surface area contributed by atoms with Crippen molar-refractivity contribution in [2.75, 3.05) is 0 Å². The number of nitrogens with zero attached hydrogens (tertiary/aromatic N) is 3. The van der Waals surface area contributed by atoms with Crippen LogP contribution in [0.5, 0.6) is 0 Å². The van der Waals surface area contributed by atoms with E-state index in [0.29, 0.717) is 17.8 Å². The molecular formula is C30H38N4O3. The standard InChI is InChI=1S/C30H38N4O3/c1-20(2)36-24-16-19-34-26(22-10-7-6-8-11-22)25(32-27(34)31-24)21-12-14-23(15-13-21)30(17-9-18-30)33-28(35)37-29(3,4)5/h6-8,10,12-16,19-20,22,25-26H,9,11,17-18H2,1-5H3,(H,33,35). The van der Waals surface area contributed by atoms with E-state index in [4.69, 9.17) is 19.5 Å². The molecule has 1 aromatic carbocycles. The van der Waals surface area contributed by atoms with Crippen LogP contribution in [-0.4, -0.2) is 40.6 Å². The molecule has 3 unspecified atom stereocenters. The van der Waals surface area contributed by atoms with Gasteiger partial charge in [-0.15, -0.1) is 0 Å². The minimum atomic E-state index is -0.526. The Hall–Kier alpha value is -3.35. The number of amides is 1. The number of ether oxygens (including phenoxy) is 2. The Morgan fingerprint density at radius 3 is 2.51 bits per heavy atom. The van der Waals surface area contributed by atoms with Gasteiger partial charge in [0.1, 0.15) is 11.6 Å². The quantitative estimate of drug-likeness (QED) is 0.524. The summed E-state index contributed by atoms with van der Waals surface area (Å²) in [4.78, 5) is 24.6. The number of benzene rings is 1. The number of carbonyl (C=O) groups is 1. The van der Waals surface area contributed by atoms with Gasteiger partial charge < -0.3 is 19.7 Å². The molecule has 0 radical (unpaired) electrons. The molecule has 7 heteroatoms. The average Bonchev–Trinajstić information content (AvgIpc) is 3.19. The third kappa shape index (κ3) is 5.36. The van der Waals surface area contributed by atoms with Gasteiger partial charge in [-0.3, -0.25) is 0 Å². The summed E-state index contributed by atoms with van der Waals surface area (Å²) in [5, 5.41) is 3.16. The molecule has 0 bridgehead atoms. The van der Waals surface area contributed by atoms with Crippen molar-refractivity contribution in [1.82, 2.24) is 10.2 Å². The Balaban J connectivity index is 1.41. The molecule has 2 aliphatic carbocycles. The molecule has 1 saturated carbocycles. The molecule has 3 atom stereocenters. The van der Waals surface area contributed by atoms with Crippen molar-refractivity contribution >= 4 is 18.0 Å². The zero-order chi connectivity index (χ0) is 26.2. The van der Waals surface area contributed by atoms with E-state index < -0.39 is 5.60 Å². The van der Waals surface area contributed by atoms with Crippen LogP contribution in [0.3, 0.4) is 0 Å². The Morgan fingerprint density at radius 1 is 1.16 bits per heavy atom. The topological polar surface area (TPSA) is 75.5 Å². The van der Waals surface area contributed by atoms with Crippen molar-refractivity contribution in [2.24, 2.45) is 15.9 Å². The summed E-state index contributed by atoms with van der Waals surface area (Å²) < 4.78 is 11.4. The highest BCUT2D eigenvalue weighted by atomic mass is 16.6. The van der Waals surface area contributed by atoms with Crippen LogP contribution in [0.25, 0.3) is 0 Å². The molecule has 1 aromatic rings. The van der Waals surface area contributed by atoms with Crippen LogP contribution < -0.4 is 5.32 Å². The molecule has 37 heavy (non-hydrogen) atoms. The van der Waals surface area contributed by atoms with Crippen molar-refractivity contribution < 1.29 is 14.3 Å². The van der Waals surface area contributed by atoms with Gasteiger partial charge >= 0.3 is 6.09 Å². The highest BCUT2D eigenvalue weighted by Gasteiger charge is 2.43. The van der Waals surface area contributed by atoms with Crippen LogP contribution in [-0.2, 0) is 15.0 Å². The molecule has 1 N–H and O–H groups in total. The first-order valence-corrected chi connectivity index (χ1v) is 13.4. The summed E-state index contributed by atoms with van der Waals surface area (Å²) in [6.07, 6.45) is 16.3. The zero-order valence-corrected chi connectivity index (χ0v) is 22.5. The molecule has 1 amide bonds. The predicted molar refractivity (Wildman–Crippen MR) is 146 cm³/mol. The van der Waals surface area contributed by atoms with Gasteiger partial charge in [0, 0.05) is 18.2 Å². The van der Waals surface area contributed by atoms with E-state index in [1.165, 1.54) is 0 Å². The van der Waals surface area contributed by atoms with Crippen LogP contribution in [0.2, 0.25) is 0 Å². The Kier molecular flexibility index (Phi) is 6.73. The molecule has 2 aliphatic heterocycles. The summed E-state index contributed by atoms with van der Waals surface area (Å²) >= 11 is 0. The van der Waals surface area contributed by atoms with E-state index in [-0.39, 0.29) is 29.8 Å².